The zero-order valence-corrected chi connectivity index (χ0v) is 13.8. The van der Waals surface area contributed by atoms with Crippen LogP contribution in [-0.2, 0) is 21.3 Å². The van der Waals surface area contributed by atoms with Gasteiger partial charge in [0.1, 0.15) is 4.90 Å². The number of nitrogens with one attached hydrogen (secondary N) is 1. The van der Waals surface area contributed by atoms with E-state index in [1.807, 2.05) is 0 Å². The molecule has 1 aromatic carbocycles. The van der Waals surface area contributed by atoms with E-state index in [-0.39, 0.29) is 22.4 Å². The van der Waals surface area contributed by atoms with Crippen molar-refractivity contribution in [2.75, 3.05) is 19.8 Å². The van der Waals surface area contributed by atoms with E-state index in [9.17, 15) is 8.42 Å². The molecule has 21 heavy (non-hydrogen) atoms. The summed E-state index contributed by atoms with van der Waals surface area (Å²) in [5.74, 6) is 0.181. The lowest BCUT2D eigenvalue weighted by Gasteiger charge is -2.22. The minimum Gasteiger partial charge on any atom is -0.381 e. The molecule has 1 aromatic rings. The Balaban J connectivity index is 2.17. The summed E-state index contributed by atoms with van der Waals surface area (Å²) < 4.78 is 32.7. The maximum atomic E-state index is 12.4. The Morgan fingerprint density at radius 2 is 2.14 bits per heavy atom. The monoisotopic (exact) mass is 352 g/mol. The quantitative estimate of drug-likeness (QED) is 0.850. The molecule has 0 bridgehead atoms. The molecule has 1 saturated heterocycles. The zero-order chi connectivity index (χ0) is 15.5. The molecular weight excluding hydrogens is 335 g/mol. The molecule has 0 spiro atoms. The molecule has 1 fully saturated rings. The fraction of sp³-hybridized carbons (Fsp3) is 0.538. The Morgan fingerprint density at radius 1 is 1.38 bits per heavy atom. The molecular formula is C13H18Cl2N2O3S. The largest absolute Gasteiger partial charge is 0.381 e. The minimum atomic E-state index is -3.72. The van der Waals surface area contributed by atoms with Crippen molar-refractivity contribution in [2.45, 2.75) is 24.3 Å². The Bertz CT molecular complexity index is 602. The second-order valence-electron chi connectivity index (χ2n) is 5.02. The molecule has 0 amide bonds. The third-order valence-electron chi connectivity index (χ3n) is 3.41. The van der Waals surface area contributed by atoms with Crippen molar-refractivity contribution in [1.82, 2.24) is 4.72 Å². The van der Waals surface area contributed by atoms with E-state index in [2.05, 4.69) is 4.72 Å². The molecule has 1 atom stereocenters. The molecule has 5 nitrogen and oxygen atoms in total. The molecule has 0 aliphatic carbocycles. The smallest absolute Gasteiger partial charge is 0.242 e. The average Bonchev–Trinajstić information content (AvgIpc) is 2.48. The molecule has 8 heteroatoms. The molecule has 1 unspecified atom stereocenters. The predicted octanol–water partition coefficient (Wildman–Crippen LogP) is 2.16. The molecule has 0 aromatic heterocycles. The van der Waals surface area contributed by atoms with Crippen LogP contribution < -0.4 is 10.5 Å². The molecule has 1 heterocycles. The van der Waals surface area contributed by atoms with Gasteiger partial charge in [0.2, 0.25) is 10.0 Å². The second kappa shape index (κ2) is 7.26. The number of hydrogen-bond acceptors (Lipinski definition) is 4. The first-order chi connectivity index (χ1) is 9.94. The van der Waals surface area contributed by atoms with Crippen molar-refractivity contribution in [3.8, 4) is 0 Å². The fourth-order valence-corrected chi connectivity index (χ4v) is 4.29. The standard InChI is InChI=1S/C13H18Cl2N2O3S/c14-11-4-10(6-16)13(15)12(5-11)21(18,19)17-7-9-2-1-3-20-8-9/h4-5,9,17H,1-3,6-8,16H2. The van der Waals surface area contributed by atoms with Gasteiger partial charge in [-0.2, -0.15) is 0 Å². The zero-order valence-electron chi connectivity index (χ0n) is 11.4. The summed E-state index contributed by atoms with van der Waals surface area (Å²) in [4.78, 5) is -0.0335. The van der Waals surface area contributed by atoms with Crippen LogP contribution in [0, 0.1) is 5.92 Å². The van der Waals surface area contributed by atoms with E-state index in [0.29, 0.717) is 23.7 Å². The average molecular weight is 353 g/mol. The van der Waals surface area contributed by atoms with Crippen LogP contribution in [-0.4, -0.2) is 28.2 Å². The van der Waals surface area contributed by atoms with Crippen LogP contribution in [0.4, 0.5) is 0 Å². The van der Waals surface area contributed by atoms with Gasteiger partial charge >= 0.3 is 0 Å². The first-order valence-electron chi connectivity index (χ1n) is 6.69. The Labute approximate surface area is 134 Å². The van der Waals surface area contributed by atoms with Crippen molar-refractivity contribution >= 4 is 33.2 Å². The van der Waals surface area contributed by atoms with Crippen molar-refractivity contribution < 1.29 is 13.2 Å². The van der Waals surface area contributed by atoms with E-state index in [0.717, 1.165) is 19.4 Å². The third-order valence-corrected chi connectivity index (χ3v) is 5.63. The molecule has 0 saturated carbocycles. The normalized spacial score (nSPS) is 19.7. The lowest BCUT2D eigenvalue weighted by atomic mass is 10.0. The van der Waals surface area contributed by atoms with Crippen LogP contribution in [0.25, 0.3) is 0 Å². The van der Waals surface area contributed by atoms with E-state index >= 15 is 0 Å². The van der Waals surface area contributed by atoms with Crippen LogP contribution in [0.3, 0.4) is 0 Å². The summed E-state index contributed by atoms with van der Waals surface area (Å²) >= 11 is 12.0. The van der Waals surface area contributed by atoms with Crippen molar-refractivity contribution in [3.63, 3.8) is 0 Å². The van der Waals surface area contributed by atoms with Crippen molar-refractivity contribution in [2.24, 2.45) is 11.7 Å². The highest BCUT2D eigenvalue weighted by Crippen LogP contribution is 2.29. The van der Waals surface area contributed by atoms with Gasteiger partial charge < -0.3 is 10.5 Å². The SMILES string of the molecule is NCc1cc(Cl)cc(S(=O)(=O)NCC2CCCOC2)c1Cl. The Morgan fingerprint density at radius 3 is 2.76 bits per heavy atom. The minimum absolute atomic E-state index is 0.0335. The number of sulfonamides is 1. The van der Waals surface area contributed by atoms with Gasteiger partial charge in [-0.3, -0.25) is 0 Å². The van der Waals surface area contributed by atoms with Gasteiger partial charge in [0.15, 0.2) is 0 Å². The summed E-state index contributed by atoms with van der Waals surface area (Å²) in [6.45, 7) is 1.75. The van der Waals surface area contributed by atoms with Crippen LogP contribution in [0.2, 0.25) is 10.0 Å². The van der Waals surface area contributed by atoms with E-state index in [1.165, 1.54) is 6.07 Å². The number of hydrogen-bond donors (Lipinski definition) is 2. The number of halogens is 2. The van der Waals surface area contributed by atoms with Gasteiger partial charge in [0.25, 0.3) is 0 Å². The predicted molar refractivity (Wildman–Crippen MR) is 83.1 cm³/mol. The molecule has 0 radical (unpaired) electrons. The topological polar surface area (TPSA) is 81.4 Å². The molecule has 1 aliphatic heterocycles. The molecule has 2 rings (SSSR count). The fourth-order valence-electron chi connectivity index (χ4n) is 2.24. The number of benzene rings is 1. The first-order valence-corrected chi connectivity index (χ1v) is 8.93. The van der Waals surface area contributed by atoms with E-state index in [4.69, 9.17) is 33.7 Å². The van der Waals surface area contributed by atoms with Gasteiger partial charge in [0, 0.05) is 24.7 Å². The van der Waals surface area contributed by atoms with Crippen molar-refractivity contribution in [3.05, 3.63) is 27.7 Å². The van der Waals surface area contributed by atoms with E-state index < -0.39 is 10.0 Å². The molecule has 1 aliphatic rings. The van der Waals surface area contributed by atoms with Gasteiger partial charge in [-0.1, -0.05) is 23.2 Å². The summed E-state index contributed by atoms with van der Waals surface area (Å²) in [7, 11) is -3.72. The maximum absolute atomic E-state index is 12.4. The van der Waals surface area contributed by atoms with Crippen LogP contribution in [0.1, 0.15) is 18.4 Å². The summed E-state index contributed by atoms with van der Waals surface area (Å²) in [5, 5.41) is 0.413. The van der Waals surface area contributed by atoms with Gasteiger partial charge in [-0.25, -0.2) is 13.1 Å². The maximum Gasteiger partial charge on any atom is 0.242 e. The molecule has 118 valence electrons. The van der Waals surface area contributed by atoms with Crippen LogP contribution >= 0.6 is 23.2 Å². The highest BCUT2D eigenvalue weighted by atomic mass is 35.5. The lowest BCUT2D eigenvalue weighted by molar-refractivity contribution is 0.0568. The van der Waals surface area contributed by atoms with Gasteiger partial charge in [-0.05, 0) is 36.5 Å². The highest BCUT2D eigenvalue weighted by Gasteiger charge is 2.23. The van der Waals surface area contributed by atoms with Gasteiger partial charge in [-0.15, -0.1) is 0 Å². The van der Waals surface area contributed by atoms with Crippen LogP contribution in [0.5, 0.6) is 0 Å². The summed E-state index contributed by atoms with van der Waals surface area (Å²) in [5.41, 5.74) is 6.05. The van der Waals surface area contributed by atoms with Crippen LogP contribution in [0.15, 0.2) is 17.0 Å². The summed E-state index contributed by atoms with van der Waals surface area (Å²) in [6, 6.07) is 2.90. The summed E-state index contributed by atoms with van der Waals surface area (Å²) in [6.07, 6.45) is 1.89. The number of nitrogens with two attached hydrogens (primary N) is 1. The first kappa shape index (κ1) is 17.0. The Kier molecular flexibility index (Phi) is 5.88. The van der Waals surface area contributed by atoms with Crippen molar-refractivity contribution in [1.29, 1.82) is 0 Å². The highest BCUT2D eigenvalue weighted by molar-refractivity contribution is 7.89. The molecule has 3 N–H and O–H groups in total. The number of rotatable bonds is 5. The second-order valence-corrected chi connectivity index (χ2v) is 7.57. The van der Waals surface area contributed by atoms with E-state index in [1.54, 1.807) is 6.07 Å². The van der Waals surface area contributed by atoms with Gasteiger partial charge in [0.05, 0.1) is 11.6 Å². The Hall–Kier alpha value is -0.370. The third kappa shape index (κ3) is 4.31. The lowest BCUT2D eigenvalue weighted by Crippen LogP contribution is -2.33. The number of ether oxygens (including phenoxy) is 1.